The van der Waals surface area contributed by atoms with Gasteiger partial charge in [-0.05, 0) is 35.8 Å². The van der Waals surface area contributed by atoms with Gasteiger partial charge >= 0.3 is 5.97 Å². The molecule has 0 spiro atoms. The zero-order chi connectivity index (χ0) is 24.3. The summed E-state index contributed by atoms with van der Waals surface area (Å²) < 4.78 is 5.16. The maximum Gasteiger partial charge on any atom is 0.306 e. The minimum absolute atomic E-state index is 0.0451. The summed E-state index contributed by atoms with van der Waals surface area (Å²) in [6, 6.07) is 17.3. The summed E-state index contributed by atoms with van der Waals surface area (Å²) in [5.41, 5.74) is 6.21. The molecule has 34 heavy (non-hydrogen) atoms. The topological polar surface area (TPSA) is 41.6 Å². The van der Waals surface area contributed by atoms with E-state index in [0.717, 1.165) is 13.0 Å². The predicted molar refractivity (Wildman–Crippen MR) is 141 cm³/mol. The van der Waals surface area contributed by atoms with Gasteiger partial charge in [-0.3, -0.25) is 4.79 Å². The molecule has 0 fully saturated rings. The molecule has 4 nitrogen and oxygen atoms in total. The van der Waals surface area contributed by atoms with Crippen molar-refractivity contribution in [2.75, 3.05) is 23.4 Å². The quantitative estimate of drug-likeness (QED) is 0.363. The first-order chi connectivity index (χ1) is 16.3. The fourth-order valence-electron chi connectivity index (χ4n) is 5.28. The first-order valence-corrected chi connectivity index (χ1v) is 12.1. The fourth-order valence-corrected chi connectivity index (χ4v) is 5.28. The second-order valence-electron chi connectivity index (χ2n) is 10.2. The number of rotatable bonds is 8. The highest BCUT2D eigenvalue weighted by atomic mass is 16.5. The number of carbonyl (C=O) groups is 1. The summed E-state index contributed by atoms with van der Waals surface area (Å²) in [6.07, 6.45) is 9.47. The Hall–Kier alpha value is -3.27. The number of ether oxygens (including phenoxy) is 1. The zero-order valence-corrected chi connectivity index (χ0v) is 20.8. The molecule has 4 heteroatoms. The van der Waals surface area contributed by atoms with Crippen LogP contribution in [0, 0.1) is 0 Å². The molecular weight excluding hydrogens is 420 g/mol. The van der Waals surface area contributed by atoms with Gasteiger partial charge < -0.3 is 15.0 Å². The molecule has 0 amide bonds. The second kappa shape index (κ2) is 9.54. The molecule has 2 heterocycles. The SMILES string of the molecule is C=CCOC(=O)CCCN1c2ccccc2C(C)(C)C1/C=C/C=C1/Nc2ccccc2C1(C)C. The van der Waals surface area contributed by atoms with E-state index in [9.17, 15) is 4.79 Å². The maximum absolute atomic E-state index is 12.0. The van der Waals surface area contributed by atoms with Gasteiger partial charge in [-0.2, -0.15) is 0 Å². The molecule has 2 aliphatic rings. The number of fused-ring (bicyclic) bond motifs is 2. The summed E-state index contributed by atoms with van der Waals surface area (Å²) in [4.78, 5) is 14.4. The first-order valence-electron chi connectivity index (χ1n) is 12.1. The van der Waals surface area contributed by atoms with E-state index < -0.39 is 0 Å². The number of esters is 1. The van der Waals surface area contributed by atoms with Crippen LogP contribution in [0.4, 0.5) is 11.4 Å². The Kier molecular flexibility index (Phi) is 6.70. The van der Waals surface area contributed by atoms with Crippen LogP contribution in [-0.4, -0.2) is 25.2 Å². The van der Waals surface area contributed by atoms with Crippen LogP contribution in [-0.2, 0) is 20.4 Å². The lowest BCUT2D eigenvalue weighted by atomic mass is 9.80. The van der Waals surface area contributed by atoms with Crippen LogP contribution in [0.5, 0.6) is 0 Å². The van der Waals surface area contributed by atoms with E-state index in [2.05, 4.69) is 111 Å². The van der Waals surface area contributed by atoms with Crippen LogP contribution in [0.1, 0.15) is 51.7 Å². The molecule has 0 radical (unpaired) electrons. The minimum Gasteiger partial charge on any atom is -0.461 e. The standard InChI is InChI=1S/C30H36N2O2/c1-6-21-34-28(33)19-12-20-32-25-16-10-8-14-23(25)30(4,5)27(32)18-11-17-26-29(2,3)22-13-7-9-15-24(22)31-26/h6-11,13-18,27,31H,1,12,19-21H2,2-5H3/b18-11+,26-17+. The highest BCUT2D eigenvalue weighted by molar-refractivity contribution is 5.70. The van der Waals surface area contributed by atoms with Gasteiger partial charge in [0, 0.05) is 40.9 Å². The molecule has 1 atom stereocenters. The molecule has 0 aliphatic carbocycles. The summed E-state index contributed by atoms with van der Waals surface area (Å²) in [6.45, 7) is 13.8. The van der Waals surface area contributed by atoms with Crippen molar-refractivity contribution in [3.63, 3.8) is 0 Å². The van der Waals surface area contributed by atoms with Crippen LogP contribution in [0.25, 0.3) is 0 Å². The molecule has 178 valence electrons. The largest absolute Gasteiger partial charge is 0.461 e. The van der Waals surface area contributed by atoms with Gasteiger partial charge in [0.25, 0.3) is 0 Å². The third-order valence-electron chi connectivity index (χ3n) is 7.22. The lowest BCUT2D eigenvalue weighted by Crippen LogP contribution is -2.40. The molecule has 0 bridgehead atoms. The average molecular weight is 457 g/mol. The van der Waals surface area contributed by atoms with Gasteiger partial charge in [0.15, 0.2) is 0 Å². The molecule has 2 aromatic carbocycles. The Bertz CT molecular complexity index is 1130. The molecule has 2 aliphatic heterocycles. The predicted octanol–water partition coefficient (Wildman–Crippen LogP) is 6.51. The third-order valence-corrected chi connectivity index (χ3v) is 7.22. The first kappa shape index (κ1) is 23.9. The molecule has 0 aromatic heterocycles. The highest BCUT2D eigenvalue weighted by Gasteiger charge is 2.42. The molecule has 1 N–H and O–H groups in total. The van der Waals surface area contributed by atoms with E-state index in [1.807, 2.05) is 0 Å². The van der Waals surface area contributed by atoms with Crippen molar-refractivity contribution in [2.45, 2.75) is 57.4 Å². The van der Waals surface area contributed by atoms with Gasteiger partial charge in [0.2, 0.25) is 0 Å². The number of anilines is 2. The van der Waals surface area contributed by atoms with Crippen molar-refractivity contribution in [1.29, 1.82) is 0 Å². The van der Waals surface area contributed by atoms with Crippen LogP contribution in [0.3, 0.4) is 0 Å². The Morgan fingerprint density at radius 3 is 2.53 bits per heavy atom. The van der Waals surface area contributed by atoms with Gasteiger partial charge in [-0.1, -0.05) is 88.9 Å². The van der Waals surface area contributed by atoms with Crippen LogP contribution < -0.4 is 10.2 Å². The lowest BCUT2D eigenvalue weighted by Gasteiger charge is -2.32. The van der Waals surface area contributed by atoms with Gasteiger partial charge in [0.1, 0.15) is 6.61 Å². The van der Waals surface area contributed by atoms with Crippen molar-refractivity contribution in [3.8, 4) is 0 Å². The molecule has 0 saturated heterocycles. The van der Waals surface area contributed by atoms with Crippen LogP contribution in [0.2, 0.25) is 0 Å². The second-order valence-corrected chi connectivity index (χ2v) is 10.2. The molecule has 1 unspecified atom stereocenters. The lowest BCUT2D eigenvalue weighted by molar-refractivity contribution is -0.142. The van der Waals surface area contributed by atoms with E-state index in [-0.39, 0.29) is 29.4 Å². The number of allylic oxidation sites excluding steroid dienone is 3. The molecule has 4 rings (SSSR count). The molecular formula is C30H36N2O2. The maximum atomic E-state index is 12.0. The van der Waals surface area contributed by atoms with E-state index in [4.69, 9.17) is 4.74 Å². The van der Waals surface area contributed by atoms with Crippen molar-refractivity contribution in [1.82, 2.24) is 0 Å². The number of para-hydroxylation sites is 2. The monoisotopic (exact) mass is 456 g/mol. The molecule has 2 aromatic rings. The van der Waals surface area contributed by atoms with Gasteiger partial charge in [-0.25, -0.2) is 0 Å². The zero-order valence-electron chi connectivity index (χ0n) is 20.8. The number of nitrogens with zero attached hydrogens (tertiary/aromatic N) is 1. The van der Waals surface area contributed by atoms with E-state index in [1.54, 1.807) is 6.08 Å². The van der Waals surface area contributed by atoms with E-state index in [1.165, 1.54) is 28.2 Å². The van der Waals surface area contributed by atoms with Crippen molar-refractivity contribution in [2.24, 2.45) is 0 Å². The number of carbonyl (C=O) groups excluding carboxylic acids is 1. The van der Waals surface area contributed by atoms with Crippen LogP contribution >= 0.6 is 0 Å². The Labute approximate surface area is 204 Å². The summed E-state index contributed by atoms with van der Waals surface area (Å²) in [5.74, 6) is -0.169. The van der Waals surface area contributed by atoms with Crippen molar-refractivity contribution >= 4 is 17.3 Å². The van der Waals surface area contributed by atoms with Crippen molar-refractivity contribution in [3.05, 3.63) is 96.2 Å². The Morgan fingerprint density at radius 2 is 1.79 bits per heavy atom. The minimum atomic E-state index is -0.169. The number of hydrogen-bond acceptors (Lipinski definition) is 4. The normalized spacial score (nSPS) is 20.8. The fraction of sp³-hybridized carbons (Fsp3) is 0.367. The highest BCUT2D eigenvalue weighted by Crippen LogP contribution is 2.46. The average Bonchev–Trinajstić information content (AvgIpc) is 3.20. The van der Waals surface area contributed by atoms with E-state index >= 15 is 0 Å². The Morgan fingerprint density at radius 1 is 1.09 bits per heavy atom. The summed E-state index contributed by atoms with van der Waals surface area (Å²) >= 11 is 0. The van der Waals surface area contributed by atoms with Gasteiger partial charge in [-0.15, -0.1) is 0 Å². The number of nitrogens with one attached hydrogen (secondary N) is 1. The smallest absolute Gasteiger partial charge is 0.306 e. The summed E-state index contributed by atoms with van der Waals surface area (Å²) in [5, 5.41) is 3.60. The van der Waals surface area contributed by atoms with E-state index in [0.29, 0.717) is 6.42 Å². The van der Waals surface area contributed by atoms with Crippen molar-refractivity contribution < 1.29 is 9.53 Å². The third kappa shape index (κ3) is 4.42. The number of hydrogen-bond donors (Lipinski definition) is 1. The van der Waals surface area contributed by atoms with Gasteiger partial charge in [0.05, 0.1) is 6.04 Å². The summed E-state index contributed by atoms with van der Waals surface area (Å²) in [7, 11) is 0. The van der Waals surface area contributed by atoms with Crippen LogP contribution in [0.15, 0.2) is 85.1 Å². The molecule has 0 saturated carbocycles. The number of benzene rings is 2. The Balaban J connectivity index is 1.54.